The van der Waals surface area contributed by atoms with E-state index in [1.54, 1.807) is 0 Å². The Morgan fingerprint density at radius 1 is 1.12 bits per heavy atom. The van der Waals surface area contributed by atoms with Gasteiger partial charge in [-0.2, -0.15) is 0 Å². The van der Waals surface area contributed by atoms with E-state index in [0.717, 1.165) is 15.5 Å². The van der Waals surface area contributed by atoms with E-state index in [1.807, 2.05) is 61.5 Å². The summed E-state index contributed by atoms with van der Waals surface area (Å²) in [5, 5.41) is 12.6. The lowest BCUT2D eigenvalue weighted by Gasteiger charge is -2.11. The SMILES string of the molecule is CC(Sc1ccccc1Cl)C(=O)Nc1nnc(-c2ccccc2)s1. The lowest BCUT2D eigenvalue weighted by Crippen LogP contribution is -2.22. The van der Waals surface area contributed by atoms with Crippen LogP contribution < -0.4 is 5.32 Å². The topological polar surface area (TPSA) is 54.9 Å². The van der Waals surface area contributed by atoms with Crippen LogP contribution in [0.3, 0.4) is 0 Å². The van der Waals surface area contributed by atoms with Gasteiger partial charge in [0.05, 0.1) is 10.3 Å². The average molecular weight is 376 g/mol. The van der Waals surface area contributed by atoms with Gasteiger partial charge in [-0.3, -0.25) is 10.1 Å². The van der Waals surface area contributed by atoms with E-state index >= 15 is 0 Å². The molecule has 0 bridgehead atoms. The summed E-state index contributed by atoms with van der Waals surface area (Å²) in [5.74, 6) is -0.129. The van der Waals surface area contributed by atoms with E-state index < -0.39 is 0 Å². The summed E-state index contributed by atoms with van der Waals surface area (Å²) in [6.45, 7) is 1.84. The molecule has 1 aromatic heterocycles. The first-order valence-corrected chi connectivity index (χ1v) is 9.32. The van der Waals surface area contributed by atoms with Crippen LogP contribution in [0.2, 0.25) is 5.02 Å². The Labute approximate surface area is 153 Å². The number of hydrogen-bond acceptors (Lipinski definition) is 5. The van der Waals surface area contributed by atoms with Crippen molar-refractivity contribution in [3.63, 3.8) is 0 Å². The third-order valence-electron chi connectivity index (χ3n) is 3.19. The summed E-state index contributed by atoms with van der Waals surface area (Å²) in [4.78, 5) is 13.2. The highest BCUT2D eigenvalue weighted by molar-refractivity contribution is 8.00. The molecule has 1 N–H and O–H groups in total. The van der Waals surface area contributed by atoms with Crippen LogP contribution >= 0.6 is 34.7 Å². The van der Waals surface area contributed by atoms with Crippen molar-refractivity contribution in [2.45, 2.75) is 17.1 Å². The minimum Gasteiger partial charge on any atom is -0.300 e. The summed E-state index contributed by atoms with van der Waals surface area (Å²) in [7, 11) is 0. The molecule has 24 heavy (non-hydrogen) atoms. The van der Waals surface area contributed by atoms with E-state index in [2.05, 4.69) is 15.5 Å². The van der Waals surface area contributed by atoms with Gasteiger partial charge >= 0.3 is 0 Å². The van der Waals surface area contributed by atoms with Crippen molar-refractivity contribution in [2.24, 2.45) is 0 Å². The molecule has 0 fully saturated rings. The molecule has 0 spiro atoms. The molecule has 1 heterocycles. The average Bonchev–Trinajstić information content (AvgIpc) is 3.06. The number of amides is 1. The van der Waals surface area contributed by atoms with Crippen molar-refractivity contribution in [1.82, 2.24) is 10.2 Å². The molecule has 7 heteroatoms. The number of hydrogen-bond donors (Lipinski definition) is 1. The third kappa shape index (κ3) is 4.14. The van der Waals surface area contributed by atoms with Gasteiger partial charge < -0.3 is 0 Å². The van der Waals surface area contributed by atoms with Crippen molar-refractivity contribution in [3.8, 4) is 10.6 Å². The number of benzene rings is 2. The number of aromatic nitrogens is 2. The van der Waals surface area contributed by atoms with Crippen LogP contribution in [0.4, 0.5) is 5.13 Å². The van der Waals surface area contributed by atoms with Crippen LogP contribution in [0.5, 0.6) is 0 Å². The maximum Gasteiger partial charge on any atom is 0.239 e. The predicted octanol–water partition coefficient (Wildman–Crippen LogP) is 4.98. The van der Waals surface area contributed by atoms with E-state index in [-0.39, 0.29) is 11.2 Å². The monoisotopic (exact) mass is 375 g/mol. The van der Waals surface area contributed by atoms with Crippen molar-refractivity contribution in [3.05, 3.63) is 59.6 Å². The van der Waals surface area contributed by atoms with Gasteiger partial charge in [0.25, 0.3) is 0 Å². The number of rotatable bonds is 5. The molecule has 1 amide bonds. The van der Waals surface area contributed by atoms with Gasteiger partial charge in [0.1, 0.15) is 5.01 Å². The quantitative estimate of drug-likeness (QED) is 0.639. The number of carbonyl (C=O) groups excluding carboxylic acids is 1. The van der Waals surface area contributed by atoms with Gasteiger partial charge in [-0.05, 0) is 19.1 Å². The molecule has 122 valence electrons. The van der Waals surface area contributed by atoms with Gasteiger partial charge in [0, 0.05) is 10.5 Å². The Morgan fingerprint density at radius 2 is 1.83 bits per heavy atom. The minimum atomic E-state index is -0.297. The lowest BCUT2D eigenvalue weighted by atomic mass is 10.2. The molecule has 3 rings (SSSR count). The molecule has 1 atom stereocenters. The first-order chi connectivity index (χ1) is 11.6. The van der Waals surface area contributed by atoms with Crippen molar-refractivity contribution >= 4 is 45.7 Å². The fourth-order valence-corrected chi connectivity index (χ4v) is 3.87. The fourth-order valence-electron chi connectivity index (χ4n) is 1.96. The van der Waals surface area contributed by atoms with E-state index in [1.165, 1.54) is 23.1 Å². The number of nitrogens with one attached hydrogen (secondary N) is 1. The standard InChI is InChI=1S/C17H14ClN3OS2/c1-11(23-14-10-6-5-9-13(14)18)15(22)19-17-21-20-16(24-17)12-7-3-2-4-8-12/h2-11H,1H3,(H,19,21,22). The van der Waals surface area contributed by atoms with Crippen LogP contribution in [0, 0.1) is 0 Å². The van der Waals surface area contributed by atoms with Gasteiger partial charge in [0.2, 0.25) is 11.0 Å². The van der Waals surface area contributed by atoms with Crippen LogP contribution in [0.15, 0.2) is 59.5 Å². The molecule has 3 aromatic rings. The summed E-state index contributed by atoms with van der Waals surface area (Å²) in [5.41, 5.74) is 0.981. The lowest BCUT2D eigenvalue weighted by molar-refractivity contribution is -0.115. The molecule has 0 saturated carbocycles. The van der Waals surface area contributed by atoms with Crippen molar-refractivity contribution in [1.29, 1.82) is 0 Å². The Balaban J connectivity index is 1.65. The third-order valence-corrected chi connectivity index (χ3v) is 5.69. The number of thioether (sulfide) groups is 1. The van der Waals surface area contributed by atoms with Crippen LogP contribution in [0.1, 0.15) is 6.92 Å². The van der Waals surface area contributed by atoms with E-state index in [0.29, 0.717) is 10.2 Å². The molecule has 0 aliphatic carbocycles. The van der Waals surface area contributed by atoms with Crippen LogP contribution in [-0.4, -0.2) is 21.4 Å². The zero-order valence-corrected chi connectivity index (χ0v) is 15.2. The van der Waals surface area contributed by atoms with Gasteiger partial charge in [-0.25, -0.2) is 0 Å². The summed E-state index contributed by atoms with van der Waals surface area (Å²) in [6, 6.07) is 17.2. The molecule has 1 unspecified atom stereocenters. The molecule has 0 saturated heterocycles. The fraction of sp³-hybridized carbons (Fsp3) is 0.118. The smallest absolute Gasteiger partial charge is 0.239 e. The first-order valence-electron chi connectivity index (χ1n) is 7.24. The molecule has 0 aliphatic heterocycles. The second-order valence-electron chi connectivity index (χ2n) is 4.96. The minimum absolute atomic E-state index is 0.129. The van der Waals surface area contributed by atoms with E-state index in [4.69, 9.17) is 11.6 Å². The number of halogens is 1. The van der Waals surface area contributed by atoms with Crippen molar-refractivity contribution < 1.29 is 4.79 Å². The van der Waals surface area contributed by atoms with Crippen LogP contribution in [0.25, 0.3) is 10.6 Å². The predicted molar refractivity (Wildman–Crippen MR) is 101 cm³/mol. The Bertz CT molecular complexity index is 839. The second-order valence-corrected chi connectivity index (χ2v) is 7.73. The van der Waals surface area contributed by atoms with Gasteiger partial charge in [-0.15, -0.1) is 22.0 Å². The first kappa shape index (κ1) is 17.0. The highest BCUT2D eigenvalue weighted by Gasteiger charge is 2.18. The molecular weight excluding hydrogens is 362 g/mol. The van der Waals surface area contributed by atoms with Crippen LogP contribution in [-0.2, 0) is 4.79 Å². The van der Waals surface area contributed by atoms with Crippen molar-refractivity contribution in [2.75, 3.05) is 5.32 Å². The largest absolute Gasteiger partial charge is 0.300 e. The molecule has 0 radical (unpaired) electrons. The molecule has 0 aliphatic rings. The molecular formula is C17H14ClN3OS2. The van der Waals surface area contributed by atoms with Gasteiger partial charge in [-0.1, -0.05) is 65.4 Å². The number of carbonyl (C=O) groups is 1. The Morgan fingerprint density at radius 3 is 2.58 bits per heavy atom. The summed E-state index contributed by atoms with van der Waals surface area (Å²) in [6.07, 6.45) is 0. The number of anilines is 1. The van der Waals surface area contributed by atoms with E-state index in [9.17, 15) is 4.79 Å². The maximum atomic E-state index is 12.3. The number of nitrogens with zero attached hydrogens (tertiary/aromatic N) is 2. The zero-order valence-electron chi connectivity index (χ0n) is 12.8. The Hall–Kier alpha value is -1.89. The normalized spacial score (nSPS) is 11.9. The highest BCUT2D eigenvalue weighted by Crippen LogP contribution is 2.31. The highest BCUT2D eigenvalue weighted by atomic mass is 35.5. The van der Waals surface area contributed by atoms with Gasteiger partial charge in [0.15, 0.2) is 0 Å². The summed E-state index contributed by atoms with van der Waals surface area (Å²) < 4.78 is 0. The Kier molecular flexibility index (Phi) is 5.50. The summed E-state index contributed by atoms with van der Waals surface area (Å²) >= 11 is 8.90. The molecule has 4 nitrogen and oxygen atoms in total. The maximum absolute atomic E-state index is 12.3. The second kappa shape index (κ2) is 7.79. The molecule has 2 aromatic carbocycles. The zero-order chi connectivity index (χ0) is 16.9.